The van der Waals surface area contributed by atoms with Crippen molar-refractivity contribution in [2.75, 3.05) is 13.2 Å². The smallest absolute Gasteiger partial charge is 0.306 e. The van der Waals surface area contributed by atoms with Gasteiger partial charge in [-0.15, -0.1) is 0 Å². The molecule has 65 heavy (non-hydrogen) atoms. The van der Waals surface area contributed by atoms with E-state index in [-0.39, 0.29) is 37.5 Å². The van der Waals surface area contributed by atoms with Crippen molar-refractivity contribution in [3.63, 3.8) is 0 Å². The van der Waals surface area contributed by atoms with Gasteiger partial charge >= 0.3 is 17.9 Å². The summed E-state index contributed by atoms with van der Waals surface area (Å²) in [6, 6.07) is 0. The highest BCUT2D eigenvalue weighted by atomic mass is 16.6. The second-order valence-electron chi connectivity index (χ2n) is 19.2. The minimum Gasteiger partial charge on any atom is -0.462 e. The van der Waals surface area contributed by atoms with Gasteiger partial charge in [-0.3, -0.25) is 14.4 Å². The van der Waals surface area contributed by atoms with Gasteiger partial charge in [0, 0.05) is 19.3 Å². The lowest BCUT2D eigenvalue weighted by Crippen LogP contribution is -2.30. The van der Waals surface area contributed by atoms with Crippen LogP contribution in [0.15, 0.2) is 36.5 Å². The molecule has 0 rings (SSSR count). The first kappa shape index (κ1) is 62.6. The van der Waals surface area contributed by atoms with Crippen molar-refractivity contribution >= 4 is 17.9 Å². The minimum atomic E-state index is -0.787. The number of rotatable bonds is 52. The average molecular weight is 914 g/mol. The molecule has 0 unspecified atom stereocenters. The first-order valence-corrected chi connectivity index (χ1v) is 28.5. The summed E-state index contributed by atoms with van der Waals surface area (Å²) >= 11 is 0. The monoisotopic (exact) mass is 913 g/mol. The maximum absolute atomic E-state index is 12.8. The van der Waals surface area contributed by atoms with Crippen molar-refractivity contribution in [2.45, 2.75) is 309 Å². The van der Waals surface area contributed by atoms with Gasteiger partial charge in [-0.2, -0.15) is 0 Å². The molecule has 1 atom stereocenters. The van der Waals surface area contributed by atoms with Crippen molar-refractivity contribution < 1.29 is 28.6 Å². The lowest BCUT2D eigenvalue weighted by atomic mass is 10.0. The Labute approximate surface area is 404 Å². The maximum atomic E-state index is 12.8. The third kappa shape index (κ3) is 52.5. The van der Waals surface area contributed by atoms with Crippen LogP contribution in [0.2, 0.25) is 0 Å². The predicted molar refractivity (Wildman–Crippen MR) is 279 cm³/mol. The minimum absolute atomic E-state index is 0.0827. The molecule has 0 radical (unpaired) electrons. The van der Waals surface area contributed by atoms with E-state index in [0.717, 1.165) is 64.2 Å². The number of unbranched alkanes of at least 4 members (excludes halogenated alkanes) is 35. The molecule has 0 heterocycles. The summed E-state index contributed by atoms with van der Waals surface area (Å²) in [6.45, 7) is 6.62. The summed E-state index contributed by atoms with van der Waals surface area (Å²) in [5.74, 6) is -0.903. The predicted octanol–water partition coefficient (Wildman–Crippen LogP) is 18.9. The van der Waals surface area contributed by atoms with Crippen LogP contribution in [0.4, 0.5) is 0 Å². The summed E-state index contributed by atoms with van der Waals surface area (Å²) in [5, 5.41) is 0. The van der Waals surface area contributed by atoms with Gasteiger partial charge in [0.25, 0.3) is 0 Å². The molecule has 0 fully saturated rings. The number of carbonyl (C=O) groups excluding carboxylic acids is 3. The summed E-state index contributed by atoms with van der Waals surface area (Å²) in [4.78, 5) is 38.1. The van der Waals surface area contributed by atoms with Crippen LogP contribution < -0.4 is 0 Å². The molecule has 6 heteroatoms. The summed E-state index contributed by atoms with van der Waals surface area (Å²) in [5.41, 5.74) is 0. The SMILES string of the molecule is CCCCC/C=C\C/C=C\C/C=C\CCCCC(=O)O[C@H](COC(=O)CCCCCCCCCCCCCCCC)COC(=O)CCCCCCCCCCCCCCCCCCCC. The Morgan fingerprint density at radius 2 is 0.554 bits per heavy atom. The molecule has 0 saturated carbocycles. The van der Waals surface area contributed by atoms with E-state index in [9.17, 15) is 14.4 Å². The van der Waals surface area contributed by atoms with Gasteiger partial charge < -0.3 is 14.2 Å². The Kier molecular flexibility index (Phi) is 52.3. The highest BCUT2D eigenvalue weighted by Gasteiger charge is 2.19. The van der Waals surface area contributed by atoms with E-state index in [2.05, 4.69) is 57.2 Å². The van der Waals surface area contributed by atoms with Crippen molar-refractivity contribution in [2.24, 2.45) is 0 Å². The number of hydrogen-bond donors (Lipinski definition) is 0. The van der Waals surface area contributed by atoms with E-state index in [1.807, 2.05) is 0 Å². The molecule has 0 saturated heterocycles. The third-order valence-electron chi connectivity index (χ3n) is 12.6. The average Bonchev–Trinajstić information content (AvgIpc) is 3.30. The molecule has 0 N–H and O–H groups in total. The van der Waals surface area contributed by atoms with Crippen LogP contribution in [-0.4, -0.2) is 37.2 Å². The number of ether oxygens (including phenoxy) is 3. The highest BCUT2D eigenvalue weighted by molar-refractivity contribution is 5.71. The Morgan fingerprint density at radius 1 is 0.308 bits per heavy atom. The fourth-order valence-electron chi connectivity index (χ4n) is 8.33. The molecule has 0 aliphatic carbocycles. The first-order valence-electron chi connectivity index (χ1n) is 28.5. The van der Waals surface area contributed by atoms with Crippen LogP contribution in [0.3, 0.4) is 0 Å². The molecular weight excluding hydrogens is 805 g/mol. The molecule has 0 bridgehead atoms. The van der Waals surface area contributed by atoms with Crippen molar-refractivity contribution in [1.82, 2.24) is 0 Å². The zero-order valence-corrected chi connectivity index (χ0v) is 43.5. The van der Waals surface area contributed by atoms with E-state index in [4.69, 9.17) is 14.2 Å². The number of esters is 3. The Balaban J connectivity index is 4.37. The fraction of sp³-hybridized carbons (Fsp3) is 0.847. The standard InChI is InChI=1S/C59H108O6/c1-4-7-10-13-16-19-22-25-28-29-30-32-34-37-40-43-46-49-52-58(61)64-55-56(54-63-57(60)51-48-45-42-39-36-33-27-24-21-18-15-12-9-6-3)65-59(62)53-50-47-44-41-38-35-31-26-23-20-17-14-11-8-5-2/h17,20,26,31,38,41,56H,4-16,18-19,21-25,27-30,32-37,39-40,42-55H2,1-3H3/b20-17-,31-26-,41-38-/t56-/m1/s1. The van der Waals surface area contributed by atoms with Crippen LogP contribution >= 0.6 is 0 Å². The van der Waals surface area contributed by atoms with Crippen LogP contribution in [-0.2, 0) is 28.6 Å². The number of hydrogen-bond acceptors (Lipinski definition) is 6. The quantitative estimate of drug-likeness (QED) is 0.0262. The van der Waals surface area contributed by atoms with Gasteiger partial charge in [-0.05, 0) is 57.8 Å². The lowest BCUT2D eigenvalue weighted by molar-refractivity contribution is -0.167. The van der Waals surface area contributed by atoms with Gasteiger partial charge in [0.2, 0.25) is 0 Å². The second kappa shape index (κ2) is 54.2. The maximum Gasteiger partial charge on any atom is 0.306 e. The topological polar surface area (TPSA) is 78.9 Å². The number of carbonyl (C=O) groups is 3. The van der Waals surface area contributed by atoms with Gasteiger partial charge in [0.05, 0.1) is 0 Å². The Bertz CT molecular complexity index is 1090. The molecule has 0 aromatic rings. The zero-order chi connectivity index (χ0) is 47.2. The van der Waals surface area contributed by atoms with E-state index in [1.165, 1.54) is 193 Å². The molecule has 0 aliphatic rings. The van der Waals surface area contributed by atoms with Crippen molar-refractivity contribution in [3.05, 3.63) is 36.5 Å². The molecule has 0 aliphatic heterocycles. The van der Waals surface area contributed by atoms with Gasteiger partial charge in [0.15, 0.2) is 6.10 Å². The van der Waals surface area contributed by atoms with E-state index in [0.29, 0.717) is 19.3 Å². The molecule has 0 spiro atoms. The molecule has 6 nitrogen and oxygen atoms in total. The van der Waals surface area contributed by atoms with E-state index >= 15 is 0 Å². The molecule has 380 valence electrons. The molecule has 0 amide bonds. The van der Waals surface area contributed by atoms with Gasteiger partial charge in [-0.25, -0.2) is 0 Å². The van der Waals surface area contributed by atoms with Crippen molar-refractivity contribution in [1.29, 1.82) is 0 Å². The lowest BCUT2D eigenvalue weighted by Gasteiger charge is -2.18. The van der Waals surface area contributed by atoms with Gasteiger partial charge in [-0.1, -0.05) is 263 Å². The second-order valence-corrected chi connectivity index (χ2v) is 19.2. The normalized spacial score (nSPS) is 12.2. The third-order valence-corrected chi connectivity index (χ3v) is 12.6. The van der Waals surface area contributed by atoms with Crippen LogP contribution in [0.1, 0.15) is 303 Å². The van der Waals surface area contributed by atoms with Crippen LogP contribution in [0.5, 0.6) is 0 Å². The highest BCUT2D eigenvalue weighted by Crippen LogP contribution is 2.17. The zero-order valence-electron chi connectivity index (χ0n) is 43.5. The largest absolute Gasteiger partial charge is 0.462 e. The van der Waals surface area contributed by atoms with Crippen LogP contribution in [0.25, 0.3) is 0 Å². The summed E-state index contributed by atoms with van der Waals surface area (Å²) in [7, 11) is 0. The summed E-state index contributed by atoms with van der Waals surface area (Å²) in [6.07, 6.45) is 64.2. The molecular formula is C59H108O6. The van der Waals surface area contributed by atoms with Crippen molar-refractivity contribution in [3.8, 4) is 0 Å². The molecule has 0 aromatic carbocycles. The van der Waals surface area contributed by atoms with Crippen LogP contribution in [0, 0.1) is 0 Å². The molecule has 0 aromatic heterocycles. The fourth-order valence-corrected chi connectivity index (χ4v) is 8.33. The summed E-state index contributed by atoms with van der Waals surface area (Å²) < 4.78 is 16.8. The number of allylic oxidation sites excluding steroid dienone is 6. The Morgan fingerprint density at radius 3 is 0.892 bits per heavy atom. The first-order chi connectivity index (χ1) is 32.0. The van der Waals surface area contributed by atoms with E-state index in [1.54, 1.807) is 0 Å². The Hall–Kier alpha value is -2.37. The van der Waals surface area contributed by atoms with Gasteiger partial charge in [0.1, 0.15) is 13.2 Å². The van der Waals surface area contributed by atoms with E-state index < -0.39 is 6.10 Å².